The van der Waals surface area contributed by atoms with Gasteiger partial charge in [0.05, 0.1) is 0 Å². The molecule has 4 nitrogen and oxygen atoms in total. The number of urea groups is 1. The van der Waals surface area contributed by atoms with E-state index in [1.807, 2.05) is 58.0 Å². The van der Waals surface area contributed by atoms with Gasteiger partial charge in [0.2, 0.25) is 0 Å². The molecule has 24 heavy (non-hydrogen) atoms. The van der Waals surface area contributed by atoms with Crippen LogP contribution >= 0.6 is 0 Å². The van der Waals surface area contributed by atoms with Crippen molar-refractivity contribution >= 4 is 11.7 Å². The smallest absolute Gasteiger partial charge is 0.323 e. The first-order valence-corrected chi connectivity index (χ1v) is 8.51. The molecule has 0 bridgehead atoms. The normalized spacial score (nSPS) is 12.5. The summed E-state index contributed by atoms with van der Waals surface area (Å²) in [6.07, 6.45) is 7.49. The van der Waals surface area contributed by atoms with E-state index in [-0.39, 0.29) is 17.5 Å². The molecular weight excluding hydrogens is 298 g/mol. The number of carbonyl (C=O) groups is 1. The molecule has 0 aliphatic heterocycles. The minimum atomic E-state index is -0.262. The van der Waals surface area contributed by atoms with Crippen molar-refractivity contribution in [3.05, 3.63) is 54.4 Å². The molecule has 0 saturated heterocycles. The molecule has 0 saturated carbocycles. The second-order valence-corrected chi connectivity index (χ2v) is 6.34. The Hall–Kier alpha value is -2.23. The van der Waals surface area contributed by atoms with E-state index in [1.165, 1.54) is 0 Å². The second kappa shape index (κ2) is 11.3. The van der Waals surface area contributed by atoms with E-state index in [4.69, 9.17) is 0 Å². The molecule has 1 aromatic rings. The van der Waals surface area contributed by atoms with E-state index in [0.29, 0.717) is 0 Å². The molecular formula is C20H33N3O. The fraction of sp³-hybridized carbons (Fsp3) is 0.450. The summed E-state index contributed by atoms with van der Waals surface area (Å²) in [5, 5.41) is 8.74. The van der Waals surface area contributed by atoms with Gasteiger partial charge in [0.25, 0.3) is 0 Å². The quantitative estimate of drug-likeness (QED) is 0.650. The zero-order valence-electron chi connectivity index (χ0n) is 16.1. The Morgan fingerprint density at radius 3 is 2.38 bits per heavy atom. The lowest BCUT2D eigenvalue weighted by molar-refractivity contribution is 0.255. The van der Waals surface area contributed by atoms with E-state index >= 15 is 0 Å². The van der Waals surface area contributed by atoms with Crippen LogP contribution in [0.1, 0.15) is 47.1 Å². The number of anilines is 1. The minimum absolute atomic E-state index is 0.0979. The number of aryl methyl sites for hydroxylation is 1. The van der Waals surface area contributed by atoms with Gasteiger partial charge < -0.3 is 16.0 Å². The van der Waals surface area contributed by atoms with Crippen molar-refractivity contribution in [3.8, 4) is 0 Å². The highest BCUT2D eigenvalue weighted by atomic mass is 16.2. The van der Waals surface area contributed by atoms with E-state index in [9.17, 15) is 4.79 Å². The fourth-order valence-electron chi connectivity index (χ4n) is 1.95. The van der Waals surface area contributed by atoms with Gasteiger partial charge in [-0.3, -0.25) is 0 Å². The Kier molecular flexibility index (Phi) is 10.3. The summed E-state index contributed by atoms with van der Waals surface area (Å²) in [6.45, 7) is 14.5. The molecule has 0 spiro atoms. The summed E-state index contributed by atoms with van der Waals surface area (Å²) in [7, 11) is 0. The Labute approximate surface area is 147 Å². The minimum Gasteiger partial charge on any atom is -0.383 e. The predicted molar refractivity (Wildman–Crippen MR) is 105 cm³/mol. The van der Waals surface area contributed by atoms with Crippen LogP contribution < -0.4 is 16.0 Å². The van der Waals surface area contributed by atoms with Crippen LogP contribution in [0.15, 0.2) is 48.8 Å². The van der Waals surface area contributed by atoms with Crippen molar-refractivity contribution in [1.82, 2.24) is 10.6 Å². The van der Waals surface area contributed by atoms with Crippen LogP contribution in [-0.4, -0.2) is 12.1 Å². The van der Waals surface area contributed by atoms with E-state index in [2.05, 4.69) is 42.8 Å². The van der Waals surface area contributed by atoms with Crippen molar-refractivity contribution in [2.24, 2.45) is 5.41 Å². The fourth-order valence-corrected chi connectivity index (χ4v) is 1.95. The Bertz CT molecular complexity index is 542. The maximum absolute atomic E-state index is 11.8. The van der Waals surface area contributed by atoms with Crippen LogP contribution in [0, 0.1) is 12.3 Å². The molecule has 0 aliphatic carbocycles. The third-order valence-electron chi connectivity index (χ3n) is 3.17. The van der Waals surface area contributed by atoms with Crippen LogP contribution in [0.3, 0.4) is 0 Å². The highest BCUT2D eigenvalue weighted by Crippen LogP contribution is 2.20. The first kappa shape index (κ1) is 21.8. The average Bonchev–Trinajstić information content (AvgIpc) is 2.51. The largest absolute Gasteiger partial charge is 0.383 e. The standard InChI is InChI=1S/C18H27N3O.C2H6/c1-6-8-16(18(3,4)5)19-11-12-20-17(22)21-15-10-7-9-14(2)13-15;1-2/h6-13,16,19H,1-5H3,(H2,20,21,22);1-2H3/b8-6-,12-11+;. The summed E-state index contributed by atoms with van der Waals surface area (Å²) in [5.41, 5.74) is 1.98. The lowest BCUT2D eigenvalue weighted by Gasteiger charge is -2.28. The predicted octanol–water partition coefficient (Wildman–Crippen LogP) is 5.19. The van der Waals surface area contributed by atoms with Gasteiger partial charge in [-0.1, -0.05) is 58.9 Å². The number of allylic oxidation sites excluding steroid dienone is 1. The lowest BCUT2D eigenvalue weighted by atomic mass is 9.86. The van der Waals surface area contributed by atoms with E-state index in [1.54, 1.807) is 12.4 Å². The highest BCUT2D eigenvalue weighted by molar-refractivity contribution is 5.89. The van der Waals surface area contributed by atoms with Gasteiger partial charge in [0.1, 0.15) is 0 Å². The SMILES string of the molecule is C/C=C\C(N/C=C/NC(=O)Nc1cccc(C)c1)C(C)(C)C.CC. The first-order valence-electron chi connectivity index (χ1n) is 8.51. The molecule has 0 heterocycles. The number of rotatable bonds is 5. The van der Waals surface area contributed by atoms with E-state index < -0.39 is 0 Å². The lowest BCUT2D eigenvalue weighted by Crippen LogP contribution is -2.36. The molecule has 1 atom stereocenters. The molecule has 1 unspecified atom stereocenters. The van der Waals surface area contributed by atoms with Crippen molar-refractivity contribution in [3.63, 3.8) is 0 Å². The summed E-state index contributed by atoms with van der Waals surface area (Å²) in [4.78, 5) is 11.8. The molecule has 2 amide bonds. The number of hydrogen-bond acceptors (Lipinski definition) is 2. The van der Waals surface area contributed by atoms with Crippen LogP contribution in [-0.2, 0) is 0 Å². The monoisotopic (exact) mass is 331 g/mol. The zero-order valence-corrected chi connectivity index (χ0v) is 16.1. The molecule has 0 aromatic heterocycles. The maximum atomic E-state index is 11.8. The van der Waals surface area contributed by atoms with Crippen molar-refractivity contribution in [2.45, 2.75) is 54.5 Å². The van der Waals surface area contributed by atoms with Gasteiger partial charge in [0, 0.05) is 24.1 Å². The summed E-state index contributed by atoms with van der Waals surface area (Å²) >= 11 is 0. The Balaban J connectivity index is 0.00000254. The average molecular weight is 332 g/mol. The van der Waals surface area contributed by atoms with Gasteiger partial charge in [-0.15, -0.1) is 0 Å². The summed E-state index contributed by atoms with van der Waals surface area (Å²) < 4.78 is 0. The number of benzene rings is 1. The van der Waals surface area contributed by atoms with Gasteiger partial charge in [-0.2, -0.15) is 0 Å². The van der Waals surface area contributed by atoms with E-state index in [0.717, 1.165) is 11.3 Å². The molecule has 1 aromatic carbocycles. The van der Waals surface area contributed by atoms with Crippen LogP contribution in [0.4, 0.5) is 10.5 Å². The summed E-state index contributed by atoms with van der Waals surface area (Å²) in [5.74, 6) is 0. The molecule has 3 N–H and O–H groups in total. The van der Waals surface area contributed by atoms with Gasteiger partial charge in [0.15, 0.2) is 0 Å². The van der Waals surface area contributed by atoms with Crippen LogP contribution in [0.25, 0.3) is 0 Å². The molecule has 4 heteroatoms. The van der Waals surface area contributed by atoms with Gasteiger partial charge in [-0.25, -0.2) is 4.79 Å². The Morgan fingerprint density at radius 1 is 1.17 bits per heavy atom. The van der Waals surface area contributed by atoms with Gasteiger partial charge >= 0.3 is 6.03 Å². The molecule has 1 rings (SSSR count). The molecule has 0 aliphatic rings. The summed E-state index contributed by atoms with van der Waals surface area (Å²) in [6, 6.07) is 7.62. The number of amides is 2. The van der Waals surface area contributed by atoms with Crippen molar-refractivity contribution in [1.29, 1.82) is 0 Å². The first-order chi connectivity index (χ1) is 11.3. The van der Waals surface area contributed by atoms with Crippen molar-refractivity contribution in [2.75, 3.05) is 5.32 Å². The zero-order chi connectivity index (χ0) is 18.6. The topological polar surface area (TPSA) is 53.2 Å². The van der Waals surface area contributed by atoms with Crippen LogP contribution in [0.2, 0.25) is 0 Å². The van der Waals surface area contributed by atoms with Crippen LogP contribution in [0.5, 0.6) is 0 Å². The molecule has 0 radical (unpaired) electrons. The Morgan fingerprint density at radius 2 is 1.83 bits per heavy atom. The third kappa shape index (κ3) is 9.03. The number of carbonyl (C=O) groups excluding carboxylic acids is 1. The highest BCUT2D eigenvalue weighted by Gasteiger charge is 2.20. The maximum Gasteiger partial charge on any atom is 0.323 e. The second-order valence-electron chi connectivity index (χ2n) is 6.34. The number of hydrogen-bond donors (Lipinski definition) is 3. The van der Waals surface area contributed by atoms with Crippen molar-refractivity contribution < 1.29 is 4.79 Å². The number of nitrogens with one attached hydrogen (secondary N) is 3. The molecule has 0 fully saturated rings. The molecule has 134 valence electrons. The third-order valence-corrected chi connectivity index (χ3v) is 3.17. The van der Waals surface area contributed by atoms with Gasteiger partial charge in [-0.05, 0) is 37.0 Å².